The molecule has 66 heavy (non-hydrogen) atoms. The molecule has 0 aliphatic rings. The predicted octanol–water partition coefficient (Wildman–Crippen LogP) is 17.7. The van der Waals surface area contributed by atoms with Crippen molar-refractivity contribution in [3.63, 3.8) is 0 Å². The first-order valence-corrected chi connectivity index (χ1v) is 22.7. The van der Waals surface area contributed by atoms with Gasteiger partial charge in [-0.3, -0.25) is 0 Å². The highest BCUT2D eigenvalue weighted by Crippen LogP contribution is 2.46. The highest BCUT2D eigenvalue weighted by Gasteiger charge is 2.22. The minimum absolute atomic E-state index is 1.07. The molecule has 1 heterocycles. The van der Waals surface area contributed by atoms with E-state index in [1.807, 2.05) is 0 Å². The molecule has 310 valence electrons. The van der Waals surface area contributed by atoms with Gasteiger partial charge in [0.15, 0.2) is 0 Å². The molecule has 12 rings (SSSR count). The topological polar surface area (TPSA) is 8.17 Å². The molecule has 12 aromatic rings. The molecule has 0 atom stereocenters. The summed E-state index contributed by atoms with van der Waals surface area (Å²) >= 11 is 0. The SMILES string of the molecule is c1ccc(-c2ccc(N(c3ccc(-c4c(-c5ccccc5)ccc5ccccc45)cc3)c3ccc(-c4ccccc4-n4c5ccccc5c5ccccc54)cc3-c3ccccc3)cc2)cc1. The summed E-state index contributed by atoms with van der Waals surface area (Å²) < 4.78 is 2.43. The predicted molar refractivity (Wildman–Crippen MR) is 280 cm³/mol. The summed E-state index contributed by atoms with van der Waals surface area (Å²) in [4.78, 5) is 2.42. The van der Waals surface area contributed by atoms with Gasteiger partial charge in [-0.1, -0.05) is 212 Å². The van der Waals surface area contributed by atoms with E-state index in [0.29, 0.717) is 0 Å². The number of hydrogen-bond acceptors (Lipinski definition) is 1. The molecule has 0 N–H and O–H groups in total. The van der Waals surface area contributed by atoms with Crippen molar-refractivity contribution in [2.45, 2.75) is 0 Å². The van der Waals surface area contributed by atoms with E-state index in [-0.39, 0.29) is 0 Å². The number of aromatic nitrogens is 1. The average Bonchev–Trinajstić information content (AvgIpc) is 3.74. The normalized spacial score (nSPS) is 11.3. The van der Waals surface area contributed by atoms with E-state index in [1.165, 1.54) is 71.5 Å². The van der Waals surface area contributed by atoms with Crippen LogP contribution in [0.3, 0.4) is 0 Å². The van der Waals surface area contributed by atoms with Gasteiger partial charge in [0.1, 0.15) is 0 Å². The van der Waals surface area contributed by atoms with Crippen molar-refractivity contribution >= 4 is 49.6 Å². The van der Waals surface area contributed by atoms with E-state index in [0.717, 1.165) is 39.4 Å². The molecule has 0 amide bonds. The van der Waals surface area contributed by atoms with Crippen molar-refractivity contribution in [2.75, 3.05) is 4.90 Å². The van der Waals surface area contributed by atoms with Crippen molar-refractivity contribution in [3.8, 4) is 61.3 Å². The maximum Gasteiger partial charge on any atom is 0.0541 e. The Kier molecular flexibility index (Phi) is 9.89. The molecule has 0 saturated heterocycles. The monoisotopic (exact) mass is 840 g/mol. The third-order valence-electron chi connectivity index (χ3n) is 13.0. The summed E-state index contributed by atoms with van der Waals surface area (Å²) in [7, 11) is 0. The lowest BCUT2D eigenvalue weighted by atomic mass is 9.89. The highest BCUT2D eigenvalue weighted by atomic mass is 15.1. The number of nitrogens with zero attached hydrogens (tertiary/aromatic N) is 2. The summed E-state index contributed by atoms with van der Waals surface area (Å²) in [6.45, 7) is 0. The van der Waals surface area contributed by atoms with Crippen LogP contribution >= 0.6 is 0 Å². The standard InChI is InChI=1S/C64H44N2/c1-4-18-45(19-5-1)46-32-38-52(39-33-46)65(53-40-34-50(35-41-53)64-55-26-11-10-24-49(55)36-42-56(64)47-20-6-2-7-21-47)63-43-37-51(44-59(63)48-22-8-3-9-23-48)54-25-12-15-29-60(54)66-61-30-16-13-27-57(61)58-28-14-17-31-62(58)66/h1-44H. The minimum Gasteiger partial charge on any atom is -0.310 e. The third-order valence-corrected chi connectivity index (χ3v) is 13.0. The molecule has 2 nitrogen and oxygen atoms in total. The lowest BCUT2D eigenvalue weighted by molar-refractivity contribution is 1.18. The van der Waals surface area contributed by atoms with Crippen LogP contribution < -0.4 is 4.90 Å². The quantitative estimate of drug-likeness (QED) is 0.141. The lowest BCUT2D eigenvalue weighted by Crippen LogP contribution is -2.11. The summed E-state index contributed by atoms with van der Waals surface area (Å²) in [5.74, 6) is 0. The average molecular weight is 841 g/mol. The van der Waals surface area contributed by atoms with Crippen molar-refractivity contribution < 1.29 is 0 Å². The summed E-state index contributed by atoms with van der Waals surface area (Å²) in [6, 6.07) is 96.9. The zero-order chi connectivity index (χ0) is 43.8. The molecule has 0 aliphatic heterocycles. The Morgan fingerprint density at radius 1 is 0.273 bits per heavy atom. The molecule has 0 fully saturated rings. The van der Waals surface area contributed by atoms with Gasteiger partial charge in [0, 0.05) is 33.3 Å². The first-order chi connectivity index (χ1) is 32.8. The molecule has 0 saturated carbocycles. The molecule has 0 radical (unpaired) electrons. The summed E-state index contributed by atoms with van der Waals surface area (Å²) in [6.07, 6.45) is 0. The lowest BCUT2D eigenvalue weighted by Gasteiger charge is -2.29. The maximum atomic E-state index is 2.43. The van der Waals surface area contributed by atoms with Crippen molar-refractivity contribution in [1.29, 1.82) is 0 Å². The minimum atomic E-state index is 1.07. The molecule has 0 bridgehead atoms. The Balaban J connectivity index is 1.04. The van der Waals surface area contributed by atoms with Crippen LogP contribution in [0.15, 0.2) is 267 Å². The smallest absolute Gasteiger partial charge is 0.0541 e. The van der Waals surface area contributed by atoms with Gasteiger partial charge in [-0.25, -0.2) is 0 Å². The maximum absolute atomic E-state index is 2.43. The second kappa shape index (κ2) is 16.8. The van der Waals surface area contributed by atoms with Crippen LogP contribution in [0.1, 0.15) is 0 Å². The molecule has 1 aromatic heterocycles. The second-order valence-electron chi connectivity index (χ2n) is 16.9. The summed E-state index contributed by atoms with van der Waals surface area (Å²) in [5, 5.41) is 4.96. The van der Waals surface area contributed by atoms with Gasteiger partial charge in [0.2, 0.25) is 0 Å². The first kappa shape index (κ1) is 38.9. The van der Waals surface area contributed by atoms with Gasteiger partial charge >= 0.3 is 0 Å². The molecule has 0 spiro atoms. The molecule has 11 aromatic carbocycles. The number of anilines is 3. The van der Waals surface area contributed by atoms with Gasteiger partial charge in [0.25, 0.3) is 0 Å². The Labute approximate surface area is 385 Å². The Morgan fingerprint density at radius 2 is 0.742 bits per heavy atom. The van der Waals surface area contributed by atoms with E-state index >= 15 is 0 Å². The number of rotatable bonds is 9. The van der Waals surface area contributed by atoms with Crippen LogP contribution in [0.4, 0.5) is 17.1 Å². The van der Waals surface area contributed by atoms with Crippen LogP contribution in [-0.4, -0.2) is 4.57 Å². The Bertz CT molecular complexity index is 3610. The van der Waals surface area contributed by atoms with Crippen LogP contribution in [0, 0.1) is 0 Å². The van der Waals surface area contributed by atoms with Gasteiger partial charge in [-0.05, 0) is 110 Å². The van der Waals surface area contributed by atoms with E-state index in [1.54, 1.807) is 0 Å². The fourth-order valence-electron chi connectivity index (χ4n) is 9.92. The zero-order valence-electron chi connectivity index (χ0n) is 36.3. The van der Waals surface area contributed by atoms with Crippen molar-refractivity contribution in [3.05, 3.63) is 267 Å². The molecule has 0 unspecified atom stereocenters. The molecule has 0 aliphatic carbocycles. The number of hydrogen-bond donors (Lipinski definition) is 0. The Morgan fingerprint density at radius 3 is 1.38 bits per heavy atom. The number of fused-ring (bicyclic) bond motifs is 4. The van der Waals surface area contributed by atoms with E-state index in [2.05, 4.69) is 276 Å². The fraction of sp³-hybridized carbons (Fsp3) is 0. The van der Waals surface area contributed by atoms with Gasteiger partial charge < -0.3 is 9.47 Å². The van der Waals surface area contributed by atoms with E-state index in [9.17, 15) is 0 Å². The fourth-order valence-corrected chi connectivity index (χ4v) is 9.92. The van der Waals surface area contributed by atoms with Gasteiger partial charge in [-0.15, -0.1) is 0 Å². The van der Waals surface area contributed by atoms with Crippen LogP contribution in [0.5, 0.6) is 0 Å². The largest absolute Gasteiger partial charge is 0.310 e. The number of benzene rings is 11. The summed E-state index contributed by atoms with van der Waals surface area (Å²) in [5.41, 5.74) is 18.6. The van der Waals surface area contributed by atoms with Crippen molar-refractivity contribution in [1.82, 2.24) is 4.57 Å². The first-order valence-electron chi connectivity index (χ1n) is 22.7. The molecule has 2 heteroatoms. The van der Waals surface area contributed by atoms with Gasteiger partial charge in [0.05, 0.1) is 22.4 Å². The van der Waals surface area contributed by atoms with E-state index in [4.69, 9.17) is 0 Å². The second-order valence-corrected chi connectivity index (χ2v) is 16.9. The van der Waals surface area contributed by atoms with Crippen molar-refractivity contribution in [2.24, 2.45) is 0 Å². The van der Waals surface area contributed by atoms with Crippen LogP contribution in [0.25, 0.3) is 93.9 Å². The highest BCUT2D eigenvalue weighted by molar-refractivity contribution is 6.10. The zero-order valence-corrected chi connectivity index (χ0v) is 36.3. The molecular weight excluding hydrogens is 797 g/mol. The van der Waals surface area contributed by atoms with E-state index < -0.39 is 0 Å². The van der Waals surface area contributed by atoms with Crippen LogP contribution in [0.2, 0.25) is 0 Å². The number of para-hydroxylation sites is 3. The Hall–Kier alpha value is -8.72. The molecular formula is C64H44N2. The van der Waals surface area contributed by atoms with Gasteiger partial charge in [-0.2, -0.15) is 0 Å². The third kappa shape index (κ3) is 6.93. The van der Waals surface area contributed by atoms with Crippen LogP contribution in [-0.2, 0) is 0 Å².